The van der Waals surface area contributed by atoms with Crippen molar-refractivity contribution >= 4 is 5.91 Å². The lowest BCUT2D eigenvalue weighted by Crippen LogP contribution is -2.33. The van der Waals surface area contributed by atoms with E-state index >= 15 is 0 Å². The van der Waals surface area contributed by atoms with Gasteiger partial charge in [-0.05, 0) is 24.6 Å². The standard InChI is InChI=1S/C12H18N2O2/c1-3-14-12(15)9-13-8-10-4-6-11(16-2)7-5-10/h4-7,13H,3,8-9H2,1-2H3,(H,14,15). The minimum absolute atomic E-state index is 0.0241. The van der Waals surface area contributed by atoms with E-state index in [0.717, 1.165) is 11.3 Å². The van der Waals surface area contributed by atoms with Crippen LogP contribution in [0.1, 0.15) is 12.5 Å². The molecule has 0 saturated heterocycles. The molecule has 1 rings (SSSR count). The molecule has 0 aliphatic rings. The average Bonchev–Trinajstić information content (AvgIpc) is 2.30. The zero-order valence-corrected chi connectivity index (χ0v) is 9.75. The van der Waals surface area contributed by atoms with Gasteiger partial charge in [-0.1, -0.05) is 12.1 Å². The van der Waals surface area contributed by atoms with Crippen molar-refractivity contribution in [2.75, 3.05) is 20.2 Å². The molecule has 88 valence electrons. The summed E-state index contributed by atoms with van der Waals surface area (Å²) < 4.78 is 5.06. The molecule has 4 nitrogen and oxygen atoms in total. The van der Waals surface area contributed by atoms with Gasteiger partial charge < -0.3 is 15.4 Å². The molecular formula is C12H18N2O2. The average molecular weight is 222 g/mol. The molecule has 16 heavy (non-hydrogen) atoms. The van der Waals surface area contributed by atoms with Gasteiger partial charge in [0.1, 0.15) is 5.75 Å². The highest BCUT2D eigenvalue weighted by atomic mass is 16.5. The second kappa shape index (κ2) is 6.85. The molecule has 0 bridgehead atoms. The van der Waals surface area contributed by atoms with Crippen LogP contribution in [0.4, 0.5) is 0 Å². The molecule has 1 aromatic rings. The van der Waals surface area contributed by atoms with E-state index in [1.807, 2.05) is 31.2 Å². The van der Waals surface area contributed by atoms with Gasteiger partial charge in [-0.25, -0.2) is 0 Å². The van der Waals surface area contributed by atoms with E-state index in [0.29, 0.717) is 19.6 Å². The summed E-state index contributed by atoms with van der Waals surface area (Å²) in [6, 6.07) is 7.76. The first-order valence-electron chi connectivity index (χ1n) is 5.36. The summed E-state index contributed by atoms with van der Waals surface area (Å²) in [5, 5.41) is 5.80. The SMILES string of the molecule is CCNC(=O)CNCc1ccc(OC)cc1. The molecule has 0 aromatic heterocycles. The summed E-state index contributed by atoms with van der Waals surface area (Å²) in [6.07, 6.45) is 0. The Morgan fingerprint density at radius 3 is 2.56 bits per heavy atom. The third kappa shape index (κ3) is 4.31. The van der Waals surface area contributed by atoms with Crippen molar-refractivity contribution in [3.63, 3.8) is 0 Å². The Morgan fingerprint density at radius 2 is 2.00 bits per heavy atom. The fourth-order valence-corrected chi connectivity index (χ4v) is 1.32. The Balaban J connectivity index is 2.29. The number of rotatable bonds is 6. The highest BCUT2D eigenvalue weighted by Crippen LogP contribution is 2.10. The number of ether oxygens (including phenoxy) is 1. The van der Waals surface area contributed by atoms with Crippen LogP contribution in [0.3, 0.4) is 0 Å². The van der Waals surface area contributed by atoms with E-state index in [1.165, 1.54) is 0 Å². The van der Waals surface area contributed by atoms with Crippen LogP contribution in [0, 0.1) is 0 Å². The smallest absolute Gasteiger partial charge is 0.233 e. The maximum atomic E-state index is 11.1. The Hall–Kier alpha value is -1.55. The first kappa shape index (κ1) is 12.5. The lowest BCUT2D eigenvalue weighted by molar-refractivity contribution is -0.120. The highest BCUT2D eigenvalue weighted by molar-refractivity contribution is 5.77. The van der Waals surface area contributed by atoms with E-state index in [4.69, 9.17) is 4.74 Å². The van der Waals surface area contributed by atoms with Crippen LogP contribution < -0.4 is 15.4 Å². The fourth-order valence-electron chi connectivity index (χ4n) is 1.32. The van der Waals surface area contributed by atoms with Gasteiger partial charge in [0.25, 0.3) is 0 Å². The van der Waals surface area contributed by atoms with Crippen molar-refractivity contribution in [1.82, 2.24) is 10.6 Å². The van der Waals surface area contributed by atoms with Crippen LogP contribution in [0.25, 0.3) is 0 Å². The Kier molecular flexibility index (Phi) is 5.36. The highest BCUT2D eigenvalue weighted by Gasteiger charge is 1.98. The number of hydrogen-bond acceptors (Lipinski definition) is 3. The molecule has 1 aromatic carbocycles. The summed E-state index contributed by atoms with van der Waals surface area (Å²) in [5.74, 6) is 0.864. The first-order chi connectivity index (χ1) is 7.76. The summed E-state index contributed by atoms with van der Waals surface area (Å²) in [5.41, 5.74) is 1.13. The van der Waals surface area contributed by atoms with E-state index in [2.05, 4.69) is 10.6 Å². The van der Waals surface area contributed by atoms with Gasteiger partial charge in [-0.3, -0.25) is 4.79 Å². The lowest BCUT2D eigenvalue weighted by Gasteiger charge is -2.06. The van der Waals surface area contributed by atoms with Gasteiger partial charge in [0.15, 0.2) is 0 Å². The number of carbonyl (C=O) groups is 1. The summed E-state index contributed by atoms with van der Waals surface area (Å²) >= 11 is 0. The number of likely N-dealkylation sites (N-methyl/N-ethyl adjacent to an activating group) is 1. The predicted octanol–water partition coefficient (Wildman–Crippen LogP) is 0.921. The summed E-state index contributed by atoms with van der Waals surface area (Å²) in [4.78, 5) is 11.1. The second-order valence-electron chi connectivity index (χ2n) is 3.41. The molecule has 0 unspecified atom stereocenters. The van der Waals surface area contributed by atoms with E-state index in [1.54, 1.807) is 7.11 Å². The number of methoxy groups -OCH3 is 1. The maximum Gasteiger partial charge on any atom is 0.233 e. The number of hydrogen-bond donors (Lipinski definition) is 2. The number of carbonyl (C=O) groups excluding carboxylic acids is 1. The molecule has 0 atom stereocenters. The number of amides is 1. The second-order valence-corrected chi connectivity index (χ2v) is 3.41. The molecule has 0 aliphatic heterocycles. The van der Waals surface area contributed by atoms with Gasteiger partial charge >= 0.3 is 0 Å². The van der Waals surface area contributed by atoms with Gasteiger partial charge in [0.05, 0.1) is 13.7 Å². The van der Waals surface area contributed by atoms with Crippen LogP contribution in [-0.4, -0.2) is 26.1 Å². The Morgan fingerprint density at radius 1 is 1.31 bits per heavy atom. The van der Waals surface area contributed by atoms with Crippen molar-refractivity contribution in [3.05, 3.63) is 29.8 Å². The van der Waals surface area contributed by atoms with Crippen molar-refractivity contribution in [2.24, 2.45) is 0 Å². The quantitative estimate of drug-likeness (QED) is 0.752. The third-order valence-corrected chi connectivity index (χ3v) is 2.15. The minimum atomic E-state index is 0.0241. The zero-order chi connectivity index (χ0) is 11.8. The van der Waals surface area contributed by atoms with Crippen molar-refractivity contribution in [3.8, 4) is 5.75 Å². The topological polar surface area (TPSA) is 50.4 Å². The van der Waals surface area contributed by atoms with E-state index < -0.39 is 0 Å². The van der Waals surface area contributed by atoms with E-state index in [-0.39, 0.29) is 5.91 Å². The fraction of sp³-hybridized carbons (Fsp3) is 0.417. The van der Waals surface area contributed by atoms with Crippen LogP contribution in [-0.2, 0) is 11.3 Å². The first-order valence-corrected chi connectivity index (χ1v) is 5.36. The third-order valence-electron chi connectivity index (χ3n) is 2.15. The van der Waals surface area contributed by atoms with E-state index in [9.17, 15) is 4.79 Å². The van der Waals surface area contributed by atoms with Crippen LogP contribution in [0.2, 0.25) is 0 Å². The Labute approximate surface area is 96.0 Å². The minimum Gasteiger partial charge on any atom is -0.497 e. The summed E-state index contributed by atoms with van der Waals surface area (Å²) in [7, 11) is 1.64. The molecule has 0 aliphatic carbocycles. The Bertz CT molecular complexity index is 322. The molecule has 4 heteroatoms. The molecule has 0 radical (unpaired) electrons. The molecule has 0 saturated carbocycles. The van der Waals surface area contributed by atoms with Gasteiger partial charge in [-0.2, -0.15) is 0 Å². The number of benzene rings is 1. The van der Waals surface area contributed by atoms with Crippen LogP contribution in [0.15, 0.2) is 24.3 Å². The monoisotopic (exact) mass is 222 g/mol. The molecule has 0 fully saturated rings. The lowest BCUT2D eigenvalue weighted by atomic mass is 10.2. The van der Waals surface area contributed by atoms with Crippen LogP contribution in [0.5, 0.6) is 5.75 Å². The zero-order valence-electron chi connectivity index (χ0n) is 9.75. The van der Waals surface area contributed by atoms with Gasteiger partial charge in [0.2, 0.25) is 5.91 Å². The maximum absolute atomic E-state index is 11.1. The molecule has 1 amide bonds. The van der Waals surface area contributed by atoms with Gasteiger partial charge in [0, 0.05) is 13.1 Å². The van der Waals surface area contributed by atoms with Crippen molar-refractivity contribution in [2.45, 2.75) is 13.5 Å². The molecule has 0 heterocycles. The largest absolute Gasteiger partial charge is 0.497 e. The molecular weight excluding hydrogens is 204 g/mol. The van der Waals surface area contributed by atoms with Gasteiger partial charge in [-0.15, -0.1) is 0 Å². The molecule has 2 N–H and O–H groups in total. The number of nitrogens with one attached hydrogen (secondary N) is 2. The summed E-state index contributed by atoms with van der Waals surface area (Å²) in [6.45, 7) is 3.60. The predicted molar refractivity (Wildman–Crippen MR) is 63.4 cm³/mol. The van der Waals surface area contributed by atoms with Crippen LogP contribution >= 0.6 is 0 Å². The van der Waals surface area contributed by atoms with Crippen molar-refractivity contribution < 1.29 is 9.53 Å². The molecule has 0 spiro atoms. The normalized spacial score (nSPS) is 9.88. The van der Waals surface area contributed by atoms with Crippen molar-refractivity contribution in [1.29, 1.82) is 0 Å².